The van der Waals surface area contributed by atoms with Crippen LogP contribution in [0.5, 0.6) is 11.5 Å². The summed E-state index contributed by atoms with van der Waals surface area (Å²) < 4.78 is 11.3. The molecular formula is C19H24N4O3S. The van der Waals surface area contributed by atoms with Gasteiger partial charge in [0.1, 0.15) is 0 Å². The maximum Gasteiger partial charge on any atom is 0.238 e. The molecule has 1 N–H and O–H groups in total. The third-order valence-electron chi connectivity index (χ3n) is 4.68. The first-order chi connectivity index (χ1) is 13.3. The number of ether oxygens (including phenoxy) is 2. The summed E-state index contributed by atoms with van der Waals surface area (Å²) in [5.74, 6) is 1.42. The Morgan fingerprint density at radius 3 is 2.85 bits per heavy atom. The molecule has 27 heavy (non-hydrogen) atoms. The van der Waals surface area contributed by atoms with Crippen LogP contribution in [0.1, 0.15) is 12.8 Å². The van der Waals surface area contributed by atoms with Gasteiger partial charge >= 0.3 is 0 Å². The minimum absolute atomic E-state index is 0.00723. The molecule has 1 fully saturated rings. The molecule has 2 aliphatic heterocycles. The number of amides is 1. The normalized spacial score (nSPS) is 17.9. The molecule has 1 saturated heterocycles. The fraction of sp³-hybridized carbons (Fsp3) is 0.474. The first kappa shape index (κ1) is 18.1. The Morgan fingerprint density at radius 1 is 1.11 bits per heavy atom. The van der Waals surface area contributed by atoms with Gasteiger partial charge in [-0.05, 0) is 18.6 Å². The van der Waals surface area contributed by atoms with Gasteiger partial charge in [0.15, 0.2) is 16.6 Å². The Balaban J connectivity index is 1.31. The van der Waals surface area contributed by atoms with Crippen molar-refractivity contribution in [1.82, 2.24) is 9.88 Å². The highest BCUT2D eigenvalue weighted by atomic mass is 32.1. The predicted octanol–water partition coefficient (Wildman–Crippen LogP) is 2.46. The van der Waals surface area contributed by atoms with Crippen LogP contribution >= 0.6 is 11.3 Å². The van der Waals surface area contributed by atoms with Crippen LogP contribution in [0.25, 0.3) is 0 Å². The number of fused-ring (bicyclic) bond motifs is 1. The molecule has 7 nitrogen and oxygen atoms in total. The Bertz CT molecular complexity index is 768. The third-order valence-corrected chi connectivity index (χ3v) is 5.51. The molecule has 0 radical (unpaired) electrons. The number of nitrogens with zero attached hydrogens (tertiary/aromatic N) is 3. The van der Waals surface area contributed by atoms with Crippen molar-refractivity contribution in [3.05, 3.63) is 29.8 Å². The fourth-order valence-electron chi connectivity index (χ4n) is 3.34. The molecule has 3 heterocycles. The highest BCUT2D eigenvalue weighted by Crippen LogP contribution is 2.32. The summed E-state index contributed by atoms with van der Waals surface area (Å²) in [6.07, 6.45) is 3.73. The number of hydrogen-bond donors (Lipinski definition) is 1. The fourth-order valence-corrected chi connectivity index (χ4v) is 4.03. The van der Waals surface area contributed by atoms with E-state index in [9.17, 15) is 4.79 Å². The number of benzene rings is 1. The van der Waals surface area contributed by atoms with E-state index in [0.717, 1.165) is 55.6 Å². The smallest absolute Gasteiger partial charge is 0.238 e. The van der Waals surface area contributed by atoms with Crippen LogP contribution in [-0.2, 0) is 4.79 Å². The number of rotatable bonds is 4. The Hall–Kier alpha value is -2.32. The monoisotopic (exact) mass is 388 g/mol. The zero-order valence-electron chi connectivity index (χ0n) is 15.2. The van der Waals surface area contributed by atoms with Gasteiger partial charge in [-0.2, -0.15) is 0 Å². The summed E-state index contributed by atoms with van der Waals surface area (Å²) >= 11 is 1.66. The molecule has 4 rings (SSSR count). The molecule has 1 aromatic carbocycles. The molecule has 2 aromatic rings. The second-order valence-corrected chi connectivity index (χ2v) is 7.56. The van der Waals surface area contributed by atoms with E-state index in [-0.39, 0.29) is 5.91 Å². The van der Waals surface area contributed by atoms with Gasteiger partial charge in [0.2, 0.25) is 5.91 Å². The van der Waals surface area contributed by atoms with Crippen LogP contribution in [0.2, 0.25) is 0 Å². The van der Waals surface area contributed by atoms with Crippen LogP contribution in [0.4, 0.5) is 10.8 Å². The van der Waals surface area contributed by atoms with Gasteiger partial charge in [0.05, 0.1) is 19.8 Å². The SMILES string of the molecule is O=C(CN1CCCN(c2nccs2)CC1)Nc1ccc2c(c1)OCCCO2. The zero-order chi connectivity index (χ0) is 18.5. The number of thiazole rings is 1. The van der Waals surface area contributed by atoms with Crippen LogP contribution in [0.15, 0.2) is 29.8 Å². The van der Waals surface area contributed by atoms with E-state index in [1.54, 1.807) is 11.3 Å². The van der Waals surface area contributed by atoms with E-state index in [1.165, 1.54) is 0 Å². The van der Waals surface area contributed by atoms with Gasteiger partial charge in [-0.15, -0.1) is 11.3 Å². The quantitative estimate of drug-likeness (QED) is 0.868. The van der Waals surface area contributed by atoms with Gasteiger partial charge in [-0.3, -0.25) is 9.69 Å². The average Bonchev–Trinajstić information content (AvgIpc) is 2.96. The second-order valence-electron chi connectivity index (χ2n) is 6.69. The summed E-state index contributed by atoms with van der Waals surface area (Å²) in [6.45, 7) is 5.32. The minimum atomic E-state index is -0.00723. The van der Waals surface area contributed by atoms with Crippen LogP contribution < -0.4 is 19.7 Å². The summed E-state index contributed by atoms with van der Waals surface area (Å²) in [5, 5.41) is 6.04. The molecule has 0 atom stereocenters. The van der Waals surface area contributed by atoms with Crippen molar-refractivity contribution in [1.29, 1.82) is 0 Å². The Labute approximate surface area is 162 Å². The van der Waals surface area contributed by atoms with Crippen LogP contribution in [0, 0.1) is 0 Å². The molecule has 0 unspecified atom stereocenters. The lowest BCUT2D eigenvalue weighted by Gasteiger charge is -2.21. The maximum atomic E-state index is 12.5. The topological polar surface area (TPSA) is 66.9 Å². The van der Waals surface area contributed by atoms with E-state index in [4.69, 9.17) is 9.47 Å². The number of nitrogens with one attached hydrogen (secondary N) is 1. The van der Waals surface area contributed by atoms with Crippen molar-refractivity contribution in [2.24, 2.45) is 0 Å². The van der Waals surface area contributed by atoms with Gasteiger partial charge in [0, 0.05) is 55.9 Å². The number of carbonyl (C=O) groups is 1. The third kappa shape index (κ3) is 4.70. The summed E-state index contributed by atoms with van der Waals surface area (Å²) in [4.78, 5) is 21.4. The molecule has 144 valence electrons. The lowest BCUT2D eigenvalue weighted by atomic mass is 10.2. The number of anilines is 2. The molecule has 0 aliphatic carbocycles. The highest BCUT2D eigenvalue weighted by molar-refractivity contribution is 7.13. The summed E-state index contributed by atoms with van der Waals surface area (Å²) in [7, 11) is 0. The molecule has 0 saturated carbocycles. The van der Waals surface area contributed by atoms with E-state index >= 15 is 0 Å². The first-order valence-corrected chi connectivity index (χ1v) is 10.2. The minimum Gasteiger partial charge on any atom is -0.490 e. The lowest BCUT2D eigenvalue weighted by Crippen LogP contribution is -2.36. The summed E-state index contributed by atoms with van der Waals surface area (Å²) in [5.41, 5.74) is 0.739. The van der Waals surface area contributed by atoms with Crippen molar-refractivity contribution in [2.75, 3.05) is 56.2 Å². The number of aromatic nitrogens is 1. The van der Waals surface area contributed by atoms with Gasteiger partial charge < -0.3 is 19.7 Å². The molecule has 8 heteroatoms. The number of hydrogen-bond acceptors (Lipinski definition) is 7. The maximum absolute atomic E-state index is 12.5. The molecule has 2 aliphatic rings. The van der Waals surface area contributed by atoms with E-state index in [1.807, 2.05) is 29.8 Å². The van der Waals surface area contributed by atoms with E-state index in [2.05, 4.69) is 20.1 Å². The zero-order valence-corrected chi connectivity index (χ0v) is 16.0. The lowest BCUT2D eigenvalue weighted by molar-refractivity contribution is -0.117. The highest BCUT2D eigenvalue weighted by Gasteiger charge is 2.19. The molecular weight excluding hydrogens is 364 g/mol. The average molecular weight is 388 g/mol. The molecule has 1 amide bonds. The van der Waals surface area contributed by atoms with Crippen molar-refractivity contribution in [3.63, 3.8) is 0 Å². The van der Waals surface area contributed by atoms with Crippen LogP contribution in [0.3, 0.4) is 0 Å². The van der Waals surface area contributed by atoms with E-state index < -0.39 is 0 Å². The molecule has 1 aromatic heterocycles. The Morgan fingerprint density at radius 2 is 2.00 bits per heavy atom. The predicted molar refractivity (Wildman–Crippen MR) is 106 cm³/mol. The first-order valence-electron chi connectivity index (χ1n) is 9.34. The standard InChI is InChI=1S/C19H24N4O3S/c24-18(21-15-3-4-16-17(13-15)26-11-2-10-25-16)14-22-6-1-7-23(9-8-22)19-20-5-12-27-19/h3-5,12-13H,1-2,6-11,14H2,(H,21,24). The van der Waals surface area contributed by atoms with Gasteiger partial charge in [-0.1, -0.05) is 0 Å². The molecule has 0 bridgehead atoms. The van der Waals surface area contributed by atoms with E-state index in [0.29, 0.717) is 25.5 Å². The van der Waals surface area contributed by atoms with Crippen molar-refractivity contribution >= 4 is 28.1 Å². The van der Waals surface area contributed by atoms with Gasteiger partial charge in [-0.25, -0.2) is 4.98 Å². The van der Waals surface area contributed by atoms with Crippen LogP contribution in [-0.4, -0.2) is 61.7 Å². The van der Waals surface area contributed by atoms with Crippen molar-refractivity contribution in [2.45, 2.75) is 12.8 Å². The largest absolute Gasteiger partial charge is 0.490 e. The van der Waals surface area contributed by atoms with Crippen molar-refractivity contribution in [3.8, 4) is 11.5 Å². The van der Waals surface area contributed by atoms with Gasteiger partial charge in [0.25, 0.3) is 0 Å². The Kier molecular flexibility index (Phi) is 5.74. The second kappa shape index (κ2) is 8.58. The number of carbonyl (C=O) groups excluding carboxylic acids is 1. The summed E-state index contributed by atoms with van der Waals surface area (Å²) in [6, 6.07) is 5.55. The van der Waals surface area contributed by atoms with Crippen molar-refractivity contribution < 1.29 is 14.3 Å². The molecule has 0 spiro atoms.